The molecule has 1 aromatic heterocycles. The zero-order chi connectivity index (χ0) is 13.4. The molecule has 1 unspecified atom stereocenters. The van der Waals surface area contributed by atoms with Gasteiger partial charge in [0.25, 0.3) is 0 Å². The van der Waals surface area contributed by atoms with Gasteiger partial charge in [0.1, 0.15) is 11.9 Å². The number of rotatable bonds is 9. The van der Waals surface area contributed by atoms with Crippen LogP contribution >= 0.6 is 0 Å². The van der Waals surface area contributed by atoms with E-state index in [0.29, 0.717) is 19.6 Å². The predicted molar refractivity (Wildman–Crippen MR) is 67.4 cm³/mol. The van der Waals surface area contributed by atoms with Crippen molar-refractivity contribution in [3.8, 4) is 0 Å². The number of methoxy groups -OCH3 is 1. The van der Waals surface area contributed by atoms with Crippen LogP contribution in [0.5, 0.6) is 0 Å². The molecule has 1 aromatic rings. The van der Waals surface area contributed by atoms with Crippen LogP contribution in [0.15, 0.2) is 12.4 Å². The van der Waals surface area contributed by atoms with Crippen LogP contribution in [0, 0.1) is 0 Å². The highest BCUT2D eigenvalue weighted by molar-refractivity contribution is 5.71. The molecule has 18 heavy (non-hydrogen) atoms. The number of imidazole rings is 1. The quantitative estimate of drug-likeness (QED) is 0.645. The Balaban J connectivity index is 2.64. The Morgan fingerprint density at radius 2 is 2.44 bits per heavy atom. The molecular weight excluding hydrogens is 234 g/mol. The number of hydrogen-bond donors (Lipinski definition) is 2. The number of carbonyl (C=O) groups is 1. The number of aromatic nitrogens is 2. The molecule has 0 aliphatic rings. The summed E-state index contributed by atoms with van der Waals surface area (Å²) in [7, 11) is 1.64. The SMILES string of the molecule is CCCC(C(=O)O)n1ccnc1CNCCOC. The second kappa shape index (κ2) is 7.84. The van der Waals surface area contributed by atoms with Gasteiger partial charge in [-0.3, -0.25) is 0 Å². The van der Waals surface area contributed by atoms with Gasteiger partial charge in [0.05, 0.1) is 13.2 Å². The Morgan fingerprint density at radius 1 is 1.67 bits per heavy atom. The van der Waals surface area contributed by atoms with Gasteiger partial charge in [-0.25, -0.2) is 9.78 Å². The van der Waals surface area contributed by atoms with Crippen molar-refractivity contribution < 1.29 is 14.6 Å². The number of carboxylic acids is 1. The lowest BCUT2D eigenvalue weighted by atomic mass is 10.1. The third-order valence-corrected chi connectivity index (χ3v) is 2.70. The predicted octanol–water partition coefficient (Wildman–Crippen LogP) is 1.04. The first kappa shape index (κ1) is 14.7. The van der Waals surface area contributed by atoms with E-state index in [9.17, 15) is 9.90 Å². The Morgan fingerprint density at radius 3 is 3.06 bits per heavy atom. The van der Waals surface area contributed by atoms with Crippen molar-refractivity contribution in [3.63, 3.8) is 0 Å². The summed E-state index contributed by atoms with van der Waals surface area (Å²) in [6.45, 7) is 3.86. The van der Waals surface area contributed by atoms with Gasteiger partial charge in [0.2, 0.25) is 0 Å². The fourth-order valence-electron chi connectivity index (χ4n) is 1.79. The van der Waals surface area contributed by atoms with Gasteiger partial charge in [0, 0.05) is 26.0 Å². The molecule has 0 saturated heterocycles. The Bertz CT molecular complexity index is 365. The Kier molecular flexibility index (Phi) is 6.38. The minimum absolute atomic E-state index is 0.531. The van der Waals surface area contributed by atoms with Gasteiger partial charge in [-0.1, -0.05) is 13.3 Å². The fraction of sp³-hybridized carbons (Fsp3) is 0.667. The molecule has 0 spiro atoms. The van der Waals surface area contributed by atoms with E-state index >= 15 is 0 Å². The normalized spacial score (nSPS) is 12.6. The van der Waals surface area contributed by atoms with Crippen molar-refractivity contribution in [2.24, 2.45) is 0 Å². The smallest absolute Gasteiger partial charge is 0.326 e. The van der Waals surface area contributed by atoms with Crippen LogP contribution in [0.3, 0.4) is 0 Å². The average molecular weight is 255 g/mol. The molecule has 0 radical (unpaired) electrons. The highest BCUT2D eigenvalue weighted by Gasteiger charge is 2.20. The summed E-state index contributed by atoms with van der Waals surface area (Å²) in [6.07, 6.45) is 4.79. The van der Waals surface area contributed by atoms with Crippen molar-refractivity contribution in [1.82, 2.24) is 14.9 Å². The van der Waals surface area contributed by atoms with Crippen molar-refractivity contribution in [2.45, 2.75) is 32.4 Å². The van der Waals surface area contributed by atoms with Gasteiger partial charge in [0.15, 0.2) is 0 Å². The van der Waals surface area contributed by atoms with Crippen molar-refractivity contribution in [3.05, 3.63) is 18.2 Å². The number of nitrogens with one attached hydrogen (secondary N) is 1. The third-order valence-electron chi connectivity index (χ3n) is 2.70. The lowest BCUT2D eigenvalue weighted by molar-refractivity contribution is -0.141. The molecule has 0 aromatic carbocycles. The Hall–Kier alpha value is -1.40. The number of hydrogen-bond acceptors (Lipinski definition) is 4. The molecule has 0 amide bonds. The molecule has 6 heteroatoms. The van der Waals surface area contributed by atoms with E-state index in [0.717, 1.165) is 18.8 Å². The summed E-state index contributed by atoms with van der Waals surface area (Å²) in [5.41, 5.74) is 0. The van der Waals surface area contributed by atoms with E-state index < -0.39 is 12.0 Å². The maximum absolute atomic E-state index is 11.2. The zero-order valence-corrected chi connectivity index (χ0v) is 10.9. The van der Waals surface area contributed by atoms with Crippen LogP contribution < -0.4 is 5.32 Å². The topological polar surface area (TPSA) is 76.4 Å². The summed E-state index contributed by atoms with van der Waals surface area (Å²) in [6, 6.07) is -0.531. The molecular formula is C12H21N3O3. The van der Waals surface area contributed by atoms with E-state index in [1.54, 1.807) is 24.1 Å². The average Bonchev–Trinajstić information content (AvgIpc) is 2.79. The Labute approximate surface area is 107 Å². The van der Waals surface area contributed by atoms with Gasteiger partial charge in [-0.2, -0.15) is 0 Å². The van der Waals surface area contributed by atoms with E-state index in [1.807, 2.05) is 6.92 Å². The molecule has 1 atom stereocenters. The van der Waals surface area contributed by atoms with E-state index in [2.05, 4.69) is 10.3 Å². The summed E-state index contributed by atoms with van der Waals surface area (Å²) >= 11 is 0. The number of ether oxygens (including phenoxy) is 1. The van der Waals surface area contributed by atoms with Crippen molar-refractivity contribution in [2.75, 3.05) is 20.3 Å². The van der Waals surface area contributed by atoms with Crippen LogP contribution in [0.1, 0.15) is 31.6 Å². The first-order valence-electron chi connectivity index (χ1n) is 6.14. The second-order valence-corrected chi connectivity index (χ2v) is 4.06. The number of carboxylic acid groups (broad SMARTS) is 1. The van der Waals surface area contributed by atoms with Crippen molar-refractivity contribution >= 4 is 5.97 Å². The van der Waals surface area contributed by atoms with Gasteiger partial charge in [-0.15, -0.1) is 0 Å². The van der Waals surface area contributed by atoms with E-state index in [4.69, 9.17) is 4.74 Å². The minimum Gasteiger partial charge on any atom is -0.480 e. The highest BCUT2D eigenvalue weighted by atomic mass is 16.5. The standard InChI is InChI=1S/C12H21N3O3/c1-3-4-10(12(16)17)15-7-5-14-11(15)9-13-6-8-18-2/h5,7,10,13H,3-4,6,8-9H2,1-2H3,(H,16,17). The maximum Gasteiger partial charge on any atom is 0.326 e. The molecule has 1 rings (SSSR count). The van der Waals surface area contributed by atoms with Crippen LogP contribution in [0.25, 0.3) is 0 Å². The first-order valence-corrected chi connectivity index (χ1v) is 6.14. The molecule has 0 saturated carbocycles. The zero-order valence-electron chi connectivity index (χ0n) is 10.9. The van der Waals surface area contributed by atoms with E-state index in [1.165, 1.54) is 0 Å². The lowest BCUT2D eigenvalue weighted by Crippen LogP contribution is -2.25. The largest absolute Gasteiger partial charge is 0.480 e. The molecule has 0 bridgehead atoms. The fourth-order valence-corrected chi connectivity index (χ4v) is 1.79. The molecule has 6 nitrogen and oxygen atoms in total. The van der Waals surface area contributed by atoms with Gasteiger partial charge >= 0.3 is 5.97 Å². The number of aliphatic carboxylic acids is 1. The summed E-state index contributed by atoms with van der Waals surface area (Å²) < 4.78 is 6.66. The van der Waals surface area contributed by atoms with Crippen molar-refractivity contribution in [1.29, 1.82) is 0 Å². The number of nitrogens with zero attached hydrogens (tertiary/aromatic N) is 2. The van der Waals surface area contributed by atoms with Crippen LogP contribution in [0.4, 0.5) is 0 Å². The summed E-state index contributed by atoms with van der Waals surface area (Å²) in [5.74, 6) is -0.0695. The van der Waals surface area contributed by atoms with Gasteiger partial charge in [-0.05, 0) is 6.42 Å². The maximum atomic E-state index is 11.2. The molecule has 0 aliphatic carbocycles. The highest BCUT2D eigenvalue weighted by Crippen LogP contribution is 2.16. The third kappa shape index (κ3) is 4.12. The molecule has 0 aliphatic heterocycles. The van der Waals surface area contributed by atoms with Crippen LogP contribution in [-0.2, 0) is 16.1 Å². The lowest BCUT2D eigenvalue weighted by Gasteiger charge is -2.16. The molecule has 102 valence electrons. The van der Waals surface area contributed by atoms with Crippen LogP contribution in [-0.4, -0.2) is 40.9 Å². The summed E-state index contributed by atoms with van der Waals surface area (Å²) in [4.78, 5) is 15.4. The van der Waals surface area contributed by atoms with Crippen LogP contribution in [0.2, 0.25) is 0 Å². The van der Waals surface area contributed by atoms with E-state index in [-0.39, 0.29) is 0 Å². The monoisotopic (exact) mass is 255 g/mol. The second-order valence-electron chi connectivity index (χ2n) is 4.06. The molecule has 2 N–H and O–H groups in total. The first-order chi connectivity index (χ1) is 8.70. The molecule has 1 heterocycles. The molecule has 0 fully saturated rings. The minimum atomic E-state index is -0.812. The van der Waals surface area contributed by atoms with Gasteiger partial charge < -0.3 is 19.7 Å². The summed E-state index contributed by atoms with van der Waals surface area (Å²) in [5, 5.41) is 12.4.